The maximum absolute atomic E-state index is 13.4. The van der Waals surface area contributed by atoms with E-state index < -0.39 is 43.5 Å². The van der Waals surface area contributed by atoms with Crippen molar-refractivity contribution in [3.05, 3.63) is 12.3 Å². The highest BCUT2D eigenvalue weighted by Gasteiger charge is 2.53. The molecule has 0 bridgehead atoms. The molecule has 0 heterocycles. The van der Waals surface area contributed by atoms with Gasteiger partial charge in [0.1, 0.15) is 12.5 Å². The van der Waals surface area contributed by atoms with E-state index in [1.54, 1.807) is 6.92 Å². The van der Waals surface area contributed by atoms with Crippen LogP contribution in [0.15, 0.2) is 12.3 Å². The van der Waals surface area contributed by atoms with Crippen molar-refractivity contribution in [1.82, 2.24) is 0 Å². The first-order valence-electron chi connectivity index (χ1n) is 7.49. The Kier molecular flexibility index (Phi) is 8.45. The lowest BCUT2D eigenvalue weighted by Gasteiger charge is -2.40. The summed E-state index contributed by atoms with van der Waals surface area (Å²) in [5.41, 5.74) is -1.75. The summed E-state index contributed by atoms with van der Waals surface area (Å²) in [5.74, 6) is -1.84. The van der Waals surface area contributed by atoms with Gasteiger partial charge in [0.15, 0.2) is 0 Å². The van der Waals surface area contributed by atoms with Crippen molar-refractivity contribution in [2.24, 2.45) is 5.92 Å². The normalized spacial score (nSPS) is 14.7. The zero-order valence-corrected chi connectivity index (χ0v) is 13.6. The van der Waals surface area contributed by atoms with Crippen molar-refractivity contribution < 1.29 is 35.8 Å². The minimum absolute atomic E-state index is 0.0759. The van der Waals surface area contributed by atoms with Crippen molar-refractivity contribution in [3.63, 3.8) is 0 Å². The highest BCUT2D eigenvalue weighted by molar-refractivity contribution is 4.92. The topological polar surface area (TPSA) is 18.5 Å². The molecule has 0 aliphatic rings. The van der Waals surface area contributed by atoms with Gasteiger partial charge in [-0.15, -0.1) is 0 Å². The van der Waals surface area contributed by atoms with Crippen molar-refractivity contribution in [1.29, 1.82) is 0 Å². The number of ether oxygens (including phenoxy) is 2. The van der Waals surface area contributed by atoms with Gasteiger partial charge in [0.05, 0.1) is 24.4 Å². The van der Waals surface area contributed by atoms with Crippen LogP contribution in [0, 0.1) is 5.92 Å². The van der Waals surface area contributed by atoms with Gasteiger partial charge in [-0.3, -0.25) is 0 Å². The Morgan fingerprint density at radius 1 is 1.00 bits per heavy atom. The Bertz CT molecular complexity index is 358. The summed E-state index contributed by atoms with van der Waals surface area (Å²) in [6.45, 7) is 6.55. The predicted octanol–water partition coefficient (Wildman–Crippen LogP) is 5.63. The molecule has 0 fully saturated rings. The van der Waals surface area contributed by atoms with Gasteiger partial charge in [-0.25, -0.2) is 0 Å². The molecule has 0 aliphatic heterocycles. The first-order chi connectivity index (χ1) is 10.4. The van der Waals surface area contributed by atoms with E-state index in [0.717, 1.165) is 0 Å². The molecular weight excluding hydrogens is 326 g/mol. The maximum atomic E-state index is 13.4. The van der Waals surface area contributed by atoms with Crippen LogP contribution in [0.2, 0.25) is 0 Å². The molecule has 2 nitrogen and oxygen atoms in total. The number of allylic oxidation sites excluding steroid dienone is 1. The van der Waals surface area contributed by atoms with Crippen LogP contribution >= 0.6 is 0 Å². The Labute approximate surface area is 132 Å². The van der Waals surface area contributed by atoms with Crippen LogP contribution in [-0.2, 0) is 9.47 Å². The van der Waals surface area contributed by atoms with Crippen LogP contribution in [0.1, 0.15) is 46.5 Å². The van der Waals surface area contributed by atoms with Gasteiger partial charge in [-0.05, 0) is 12.8 Å². The molecule has 138 valence electrons. The molecule has 0 aromatic heterocycles. The molecular formula is C15H24F6O2. The molecule has 0 aromatic rings. The number of halogens is 6. The highest BCUT2D eigenvalue weighted by atomic mass is 19.4. The lowest BCUT2D eigenvalue weighted by atomic mass is 9.82. The van der Waals surface area contributed by atoms with E-state index in [0.29, 0.717) is 6.42 Å². The summed E-state index contributed by atoms with van der Waals surface area (Å²) in [6, 6.07) is 0. The Morgan fingerprint density at radius 2 is 1.52 bits per heavy atom. The zero-order valence-electron chi connectivity index (χ0n) is 13.6. The summed E-state index contributed by atoms with van der Waals surface area (Å²) < 4.78 is 87.0. The predicted molar refractivity (Wildman–Crippen MR) is 74.9 cm³/mol. The van der Waals surface area contributed by atoms with Gasteiger partial charge >= 0.3 is 12.4 Å². The van der Waals surface area contributed by atoms with E-state index in [1.165, 1.54) is 13.8 Å². The lowest BCUT2D eigenvalue weighted by molar-refractivity contribution is -0.256. The summed E-state index contributed by atoms with van der Waals surface area (Å²) in [7, 11) is 0. The zero-order chi connectivity index (χ0) is 18.3. The summed E-state index contributed by atoms with van der Waals surface area (Å²) in [4.78, 5) is 0. The van der Waals surface area contributed by atoms with Crippen LogP contribution in [0.25, 0.3) is 0 Å². The minimum Gasteiger partial charge on any atom is -0.498 e. The largest absolute Gasteiger partial charge is 0.498 e. The standard InChI is InChI=1S/C15H24F6O2/c1-5-11(4)22-10-12(15(19,20)21)13(6-2,7-3)23-9-8-14(16,17)18/h12H,4-10H2,1-3H3. The molecule has 0 spiro atoms. The van der Waals surface area contributed by atoms with E-state index in [9.17, 15) is 26.3 Å². The molecule has 0 saturated carbocycles. The molecule has 0 radical (unpaired) electrons. The van der Waals surface area contributed by atoms with Crippen LogP contribution in [0.4, 0.5) is 26.3 Å². The van der Waals surface area contributed by atoms with E-state index in [2.05, 4.69) is 6.58 Å². The van der Waals surface area contributed by atoms with E-state index in [-0.39, 0.29) is 18.6 Å². The lowest BCUT2D eigenvalue weighted by Crippen LogP contribution is -2.50. The Hall–Kier alpha value is -0.920. The second-order valence-corrected chi connectivity index (χ2v) is 5.28. The SMILES string of the molecule is C=C(CC)OCC(C(F)(F)F)C(CC)(CC)OCCC(F)(F)F. The average molecular weight is 350 g/mol. The molecule has 0 aliphatic carbocycles. The quantitative estimate of drug-likeness (QED) is 0.375. The summed E-state index contributed by atoms with van der Waals surface area (Å²) >= 11 is 0. The molecule has 23 heavy (non-hydrogen) atoms. The number of rotatable bonds is 10. The minimum atomic E-state index is -4.65. The van der Waals surface area contributed by atoms with Crippen molar-refractivity contribution in [3.8, 4) is 0 Å². The Balaban J connectivity index is 5.21. The molecule has 0 amide bonds. The third kappa shape index (κ3) is 7.46. The monoisotopic (exact) mass is 350 g/mol. The smallest absolute Gasteiger partial charge is 0.397 e. The van der Waals surface area contributed by atoms with Gasteiger partial charge in [0.2, 0.25) is 0 Å². The molecule has 0 N–H and O–H groups in total. The fourth-order valence-corrected chi connectivity index (χ4v) is 2.27. The first kappa shape index (κ1) is 22.1. The average Bonchev–Trinajstić information content (AvgIpc) is 2.42. The number of hydrogen-bond acceptors (Lipinski definition) is 2. The molecule has 0 rings (SSSR count). The first-order valence-corrected chi connectivity index (χ1v) is 7.49. The Morgan fingerprint density at radius 3 is 1.87 bits per heavy atom. The van der Waals surface area contributed by atoms with Crippen LogP contribution in [0.5, 0.6) is 0 Å². The van der Waals surface area contributed by atoms with Crippen LogP contribution in [0.3, 0.4) is 0 Å². The highest BCUT2D eigenvalue weighted by Crippen LogP contribution is 2.42. The number of hydrogen-bond donors (Lipinski definition) is 0. The van der Waals surface area contributed by atoms with Crippen LogP contribution < -0.4 is 0 Å². The molecule has 1 unspecified atom stereocenters. The molecule has 8 heteroatoms. The van der Waals surface area contributed by atoms with E-state index >= 15 is 0 Å². The summed E-state index contributed by atoms with van der Waals surface area (Å²) in [5, 5.41) is 0. The van der Waals surface area contributed by atoms with Crippen molar-refractivity contribution in [2.75, 3.05) is 13.2 Å². The number of alkyl halides is 6. The fraction of sp³-hybridized carbons (Fsp3) is 0.867. The van der Waals surface area contributed by atoms with Gasteiger partial charge in [0, 0.05) is 6.42 Å². The second-order valence-electron chi connectivity index (χ2n) is 5.28. The molecule has 1 atom stereocenters. The van der Waals surface area contributed by atoms with Crippen LogP contribution in [-0.4, -0.2) is 31.2 Å². The van der Waals surface area contributed by atoms with E-state index in [4.69, 9.17) is 9.47 Å². The van der Waals surface area contributed by atoms with Crippen molar-refractivity contribution in [2.45, 2.75) is 64.4 Å². The third-order valence-electron chi connectivity index (χ3n) is 3.85. The maximum Gasteiger partial charge on any atom is 0.397 e. The fourth-order valence-electron chi connectivity index (χ4n) is 2.27. The van der Waals surface area contributed by atoms with Crippen molar-refractivity contribution >= 4 is 0 Å². The second kappa shape index (κ2) is 8.80. The van der Waals surface area contributed by atoms with E-state index in [1.807, 2.05) is 0 Å². The third-order valence-corrected chi connectivity index (χ3v) is 3.85. The summed E-state index contributed by atoms with van der Waals surface area (Å²) in [6.07, 6.45) is -10.2. The van der Waals surface area contributed by atoms with Gasteiger partial charge < -0.3 is 9.47 Å². The van der Waals surface area contributed by atoms with Gasteiger partial charge in [0.25, 0.3) is 0 Å². The molecule has 0 aromatic carbocycles. The van der Waals surface area contributed by atoms with Gasteiger partial charge in [-0.1, -0.05) is 27.4 Å². The van der Waals surface area contributed by atoms with Gasteiger partial charge in [-0.2, -0.15) is 26.3 Å². The molecule has 0 saturated heterocycles.